The van der Waals surface area contributed by atoms with Crippen molar-refractivity contribution in [1.29, 1.82) is 0 Å². The third kappa shape index (κ3) is 3.79. The van der Waals surface area contributed by atoms with Crippen LogP contribution >= 0.6 is 0 Å². The molecule has 3 atom stereocenters. The summed E-state index contributed by atoms with van der Waals surface area (Å²) in [7, 11) is 4.27. The van der Waals surface area contributed by atoms with Crippen LogP contribution in [-0.4, -0.2) is 55.4 Å². The fraction of sp³-hybridized carbons (Fsp3) is 0.938. The average Bonchev–Trinajstić information content (AvgIpc) is 2.59. The Labute approximate surface area is 118 Å². The van der Waals surface area contributed by atoms with E-state index in [1.54, 1.807) is 0 Å². The van der Waals surface area contributed by atoms with Crippen LogP contribution in [-0.2, 0) is 4.79 Å². The van der Waals surface area contributed by atoms with Crippen molar-refractivity contribution < 1.29 is 4.79 Å². The molecule has 0 bridgehead atoms. The van der Waals surface area contributed by atoms with E-state index in [2.05, 4.69) is 30.8 Å². The smallest absolute Gasteiger partial charge is 0.154 e. The molecule has 3 unspecified atom stereocenters. The van der Waals surface area contributed by atoms with E-state index in [1.807, 2.05) is 0 Å². The van der Waals surface area contributed by atoms with Gasteiger partial charge < -0.3 is 4.90 Å². The average molecular weight is 266 g/mol. The zero-order valence-corrected chi connectivity index (χ0v) is 12.9. The molecule has 3 heteroatoms. The van der Waals surface area contributed by atoms with Gasteiger partial charge in [0.05, 0.1) is 6.04 Å². The van der Waals surface area contributed by atoms with Gasteiger partial charge in [-0.25, -0.2) is 0 Å². The van der Waals surface area contributed by atoms with E-state index in [1.165, 1.54) is 25.7 Å². The van der Waals surface area contributed by atoms with E-state index in [-0.39, 0.29) is 6.04 Å². The maximum absolute atomic E-state index is 12.9. The van der Waals surface area contributed by atoms with E-state index < -0.39 is 0 Å². The summed E-state index contributed by atoms with van der Waals surface area (Å²) >= 11 is 0. The van der Waals surface area contributed by atoms with Crippen LogP contribution in [0.25, 0.3) is 0 Å². The second-order valence-electron chi connectivity index (χ2n) is 6.65. The Morgan fingerprint density at radius 3 is 2.68 bits per heavy atom. The number of nitrogens with zero attached hydrogens (tertiary/aromatic N) is 2. The number of likely N-dealkylation sites (N-methyl/N-ethyl adjacent to an activating group) is 2. The fourth-order valence-corrected chi connectivity index (χ4v) is 3.77. The van der Waals surface area contributed by atoms with Gasteiger partial charge in [0, 0.05) is 12.5 Å². The van der Waals surface area contributed by atoms with Gasteiger partial charge in [0.1, 0.15) is 0 Å². The molecule has 2 rings (SSSR count). The fourth-order valence-electron chi connectivity index (χ4n) is 3.77. The molecule has 1 saturated carbocycles. The molecular formula is C16H30N2O. The summed E-state index contributed by atoms with van der Waals surface area (Å²) in [6, 6.07) is 0.133. The highest BCUT2D eigenvalue weighted by Crippen LogP contribution is 2.32. The zero-order valence-electron chi connectivity index (χ0n) is 12.9. The molecule has 0 spiro atoms. The Morgan fingerprint density at radius 1 is 1.16 bits per heavy atom. The van der Waals surface area contributed by atoms with Crippen LogP contribution in [0.4, 0.5) is 0 Å². The van der Waals surface area contributed by atoms with Crippen molar-refractivity contribution in [2.75, 3.05) is 33.7 Å². The minimum absolute atomic E-state index is 0.133. The first-order valence-corrected chi connectivity index (χ1v) is 8.04. The molecule has 1 aliphatic carbocycles. The van der Waals surface area contributed by atoms with Crippen LogP contribution in [0.2, 0.25) is 0 Å². The molecule has 1 aliphatic heterocycles. The molecule has 19 heavy (non-hydrogen) atoms. The number of ketones is 1. The van der Waals surface area contributed by atoms with Crippen molar-refractivity contribution >= 4 is 5.78 Å². The van der Waals surface area contributed by atoms with Crippen molar-refractivity contribution in [3.8, 4) is 0 Å². The monoisotopic (exact) mass is 266 g/mol. The predicted octanol–water partition coefficient (Wildman–Crippen LogP) is 2.41. The van der Waals surface area contributed by atoms with Crippen LogP contribution in [0, 0.1) is 11.8 Å². The Kier molecular flexibility index (Phi) is 5.40. The summed E-state index contributed by atoms with van der Waals surface area (Å²) in [4.78, 5) is 17.5. The first kappa shape index (κ1) is 15.0. The van der Waals surface area contributed by atoms with Gasteiger partial charge in [-0.05, 0) is 52.4 Å². The van der Waals surface area contributed by atoms with E-state index in [4.69, 9.17) is 0 Å². The number of hydrogen-bond acceptors (Lipinski definition) is 3. The summed E-state index contributed by atoms with van der Waals surface area (Å²) < 4.78 is 0. The first-order valence-electron chi connectivity index (χ1n) is 8.04. The van der Waals surface area contributed by atoms with Gasteiger partial charge in [0.15, 0.2) is 5.78 Å². The van der Waals surface area contributed by atoms with Crippen LogP contribution in [0.5, 0.6) is 0 Å². The second kappa shape index (κ2) is 6.85. The van der Waals surface area contributed by atoms with Crippen molar-refractivity contribution in [2.24, 2.45) is 11.8 Å². The van der Waals surface area contributed by atoms with Gasteiger partial charge in [-0.1, -0.05) is 26.2 Å². The lowest BCUT2D eigenvalue weighted by Crippen LogP contribution is -2.47. The van der Waals surface area contributed by atoms with Crippen molar-refractivity contribution in [3.05, 3.63) is 0 Å². The van der Waals surface area contributed by atoms with Gasteiger partial charge >= 0.3 is 0 Å². The van der Waals surface area contributed by atoms with Crippen LogP contribution < -0.4 is 0 Å². The molecule has 0 radical (unpaired) electrons. The Morgan fingerprint density at radius 2 is 1.95 bits per heavy atom. The third-order valence-electron chi connectivity index (χ3n) is 5.16. The predicted molar refractivity (Wildman–Crippen MR) is 79.3 cm³/mol. The summed E-state index contributed by atoms with van der Waals surface area (Å²) in [6.45, 7) is 5.37. The summed E-state index contributed by atoms with van der Waals surface area (Å²) in [5, 5.41) is 0. The van der Waals surface area contributed by atoms with E-state index in [0.717, 1.165) is 38.4 Å². The summed E-state index contributed by atoms with van der Waals surface area (Å²) in [6.07, 6.45) is 7.28. The number of carbonyl (C=O) groups is 1. The molecule has 110 valence electrons. The van der Waals surface area contributed by atoms with Crippen LogP contribution in [0.15, 0.2) is 0 Å². The standard InChI is InChI=1S/C16H30N2O/c1-4-13-7-5-8-14(11-13)16(19)15-12-17(2)9-6-10-18(15)3/h13-15H,4-12H2,1-3H3. The maximum atomic E-state index is 12.9. The number of Topliss-reactive ketones (excluding diaryl/α,β-unsaturated/α-hetero) is 1. The van der Waals surface area contributed by atoms with E-state index in [0.29, 0.717) is 11.7 Å². The lowest BCUT2D eigenvalue weighted by Gasteiger charge is -2.33. The third-order valence-corrected chi connectivity index (χ3v) is 5.16. The lowest BCUT2D eigenvalue weighted by molar-refractivity contribution is -0.129. The van der Waals surface area contributed by atoms with Gasteiger partial charge in [0.25, 0.3) is 0 Å². The molecule has 0 N–H and O–H groups in total. The van der Waals surface area contributed by atoms with Crippen molar-refractivity contribution in [2.45, 2.75) is 51.5 Å². The molecular weight excluding hydrogens is 236 g/mol. The van der Waals surface area contributed by atoms with E-state index in [9.17, 15) is 4.79 Å². The highest BCUT2D eigenvalue weighted by Gasteiger charge is 2.34. The molecule has 1 saturated heterocycles. The first-order chi connectivity index (χ1) is 9.11. The SMILES string of the molecule is CCC1CCCC(C(=O)C2CN(C)CCCN2C)C1. The molecule has 1 heterocycles. The maximum Gasteiger partial charge on any atom is 0.154 e. The quantitative estimate of drug-likeness (QED) is 0.784. The van der Waals surface area contributed by atoms with Gasteiger partial charge in [-0.2, -0.15) is 0 Å². The largest absolute Gasteiger partial charge is 0.304 e. The van der Waals surface area contributed by atoms with Crippen LogP contribution in [0.1, 0.15) is 45.4 Å². The minimum atomic E-state index is 0.133. The lowest BCUT2D eigenvalue weighted by atomic mass is 9.76. The zero-order chi connectivity index (χ0) is 13.8. The molecule has 3 nitrogen and oxygen atoms in total. The normalized spacial score (nSPS) is 35.0. The molecule has 0 aromatic rings. The highest BCUT2D eigenvalue weighted by molar-refractivity contribution is 5.86. The molecule has 0 aromatic carbocycles. The molecule has 0 amide bonds. The number of rotatable bonds is 3. The minimum Gasteiger partial charge on any atom is -0.304 e. The highest BCUT2D eigenvalue weighted by atomic mass is 16.1. The number of carbonyl (C=O) groups excluding carboxylic acids is 1. The Balaban J connectivity index is 2.00. The Bertz CT molecular complexity index is 305. The van der Waals surface area contributed by atoms with E-state index >= 15 is 0 Å². The van der Waals surface area contributed by atoms with Gasteiger partial charge in [-0.15, -0.1) is 0 Å². The van der Waals surface area contributed by atoms with Crippen molar-refractivity contribution in [3.63, 3.8) is 0 Å². The topological polar surface area (TPSA) is 23.6 Å². The summed E-state index contributed by atoms with van der Waals surface area (Å²) in [5.41, 5.74) is 0. The van der Waals surface area contributed by atoms with Gasteiger partial charge in [-0.3, -0.25) is 9.69 Å². The Hall–Kier alpha value is -0.410. The van der Waals surface area contributed by atoms with Gasteiger partial charge in [0.2, 0.25) is 0 Å². The van der Waals surface area contributed by atoms with Crippen molar-refractivity contribution in [1.82, 2.24) is 9.80 Å². The molecule has 2 aliphatic rings. The molecule has 2 fully saturated rings. The number of hydrogen-bond donors (Lipinski definition) is 0. The second-order valence-corrected chi connectivity index (χ2v) is 6.65. The summed E-state index contributed by atoms with van der Waals surface area (Å²) in [5.74, 6) is 1.64. The van der Waals surface area contributed by atoms with Crippen LogP contribution in [0.3, 0.4) is 0 Å². The molecule has 0 aromatic heterocycles.